The lowest BCUT2D eigenvalue weighted by Crippen LogP contribution is -2.23. The summed E-state index contributed by atoms with van der Waals surface area (Å²) in [5, 5.41) is 13.2. The predicted molar refractivity (Wildman–Crippen MR) is 72.6 cm³/mol. The number of methoxy groups -OCH3 is 1. The van der Waals surface area contributed by atoms with Gasteiger partial charge >= 0.3 is 0 Å². The van der Waals surface area contributed by atoms with Crippen LogP contribution >= 0.6 is 15.9 Å². The van der Waals surface area contributed by atoms with Crippen molar-refractivity contribution < 1.29 is 14.4 Å². The molecule has 0 bridgehead atoms. The summed E-state index contributed by atoms with van der Waals surface area (Å²) in [6.07, 6.45) is -0.754. The van der Waals surface area contributed by atoms with Crippen LogP contribution in [0.3, 0.4) is 0 Å². The average Bonchev–Trinajstić information content (AvgIpc) is 2.87. The van der Waals surface area contributed by atoms with Gasteiger partial charge in [0.05, 0.1) is 17.7 Å². The van der Waals surface area contributed by atoms with Crippen LogP contribution in [0, 0.1) is 0 Å². The zero-order chi connectivity index (χ0) is 14.0. The summed E-state index contributed by atoms with van der Waals surface area (Å²) in [4.78, 5) is 4.17. The topological polar surface area (TPSA) is 94.4 Å². The Morgan fingerprint density at radius 1 is 1.47 bits per heavy atom. The van der Waals surface area contributed by atoms with Crippen molar-refractivity contribution in [3.05, 3.63) is 28.6 Å². The first kappa shape index (κ1) is 14.0. The summed E-state index contributed by atoms with van der Waals surface area (Å²) in [7, 11) is 1.59. The number of nitrogens with two attached hydrogens (primary N) is 1. The number of hydrogen-bond acceptors (Lipinski definition) is 6. The van der Waals surface area contributed by atoms with Gasteiger partial charge in [-0.3, -0.25) is 0 Å². The summed E-state index contributed by atoms with van der Waals surface area (Å²) in [5.41, 5.74) is 6.49. The molecule has 0 saturated carbocycles. The number of ether oxygens (including phenoxy) is 1. The largest absolute Gasteiger partial charge is 0.496 e. The van der Waals surface area contributed by atoms with Crippen LogP contribution in [-0.2, 0) is 0 Å². The van der Waals surface area contributed by atoms with E-state index in [1.54, 1.807) is 20.1 Å². The monoisotopic (exact) mass is 327 g/mol. The molecule has 0 fully saturated rings. The zero-order valence-corrected chi connectivity index (χ0v) is 12.1. The maximum atomic E-state index is 9.39. The Bertz CT molecular complexity index is 571. The van der Waals surface area contributed by atoms with Gasteiger partial charge in [0.25, 0.3) is 0 Å². The van der Waals surface area contributed by atoms with E-state index in [9.17, 15) is 5.11 Å². The highest BCUT2D eigenvalue weighted by Crippen LogP contribution is 2.29. The van der Waals surface area contributed by atoms with Gasteiger partial charge in [-0.15, -0.1) is 0 Å². The summed E-state index contributed by atoms with van der Waals surface area (Å²) in [6.45, 7) is 1.57. The number of aromatic nitrogens is 2. The molecule has 3 N–H and O–H groups in total. The molecule has 1 aromatic heterocycles. The standard InChI is InChI=1S/C12H14BrN3O3/c1-6(17)10(14)12-15-11(16-19-12)7-3-4-9(18-2)8(13)5-7/h3-6,10,17H,14H2,1-2H3. The first-order valence-electron chi connectivity index (χ1n) is 5.64. The molecule has 0 aliphatic carbocycles. The highest BCUT2D eigenvalue weighted by Gasteiger charge is 2.20. The Labute approximate surface area is 118 Å². The first-order chi connectivity index (χ1) is 9.02. The van der Waals surface area contributed by atoms with Crippen molar-refractivity contribution in [2.24, 2.45) is 5.73 Å². The van der Waals surface area contributed by atoms with Crippen molar-refractivity contribution in [3.8, 4) is 17.1 Å². The van der Waals surface area contributed by atoms with Gasteiger partial charge in [0.15, 0.2) is 0 Å². The quantitative estimate of drug-likeness (QED) is 0.890. The predicted octanol–water partition coefficient (Wildman–Crippen LogP) is 1.89. The van der Waals surface area contributed by atoms with Gasteiger partial charge in [-0.25, -0.2) is 0 Å². The van der Waals surface area contributed by atoms with E-state index in [4.69, 9.17) is 15.0 Å². The smallest absolute Gasteiger partial charge is 0.246 e. The Morgan fingerprint density at radius 3 is 2.79 bits per heavy atom. The minimum absolute atomic E-state index is 0.206. The van der Waals surface area contributed by atoms with Crippen LogP contribution in [0.4, 0.5) is 0 Å². The van der Waals surface area contributed by atoms with Gasteiger partial charge in [-0.05, 0) is 41.1 Å². The van der Waals surface area contributed by atoms with E-state index in [2.05, 4.69) is 26.1 Å². The van der Waals surface area contributed by atoms with Crippen molar-refractivity contribution in [2.45, 2.75) is 19.1 Å². The Morgan fingerprint density at radius 2 is 2.21 bits per heavy atom. The maximum Gasteiger partial charge on any atom is 0.246 e. The fraction of sp³-hybridized carbons (Fsp3) is 0.333. The second kappa shape index (κ2) is 5.68. The molecule has 102 valence electrons. The van der Waals surface area contributed by atoms with Crippen molar-refractivity contribution in [2.75, 3.05) is 7.11 Å². The number of rotatable bonds is 4. The lowest BCUT2D eigenvalue weighted by molar-refractivity contribution is 0.146. The lowest BCUT2D eigenvalue weighted by Gasteiger charge is -2.08. The second-order valence-electron chi connectivity index (χ2n) is 4.07. The van der Waals surface area contributed by atoms with E-state index in [1.165, 1.54) is 0 Å². The van der Waals surface area contributed by atoms with Crippen LogP contribution in [0.5, 0.6) is 5.75 Å². The van der Waals surface area contributed by atoms with Crippen LogP contribution in [0.15, 0.2) is 27.2 Å². The summed E-state index contributed by atoms with van der Waals surface area (Å²) < 4.78 is 11.0. The van der Waals surface area contributed by atoms with E-state index in [0.717, 1.165) is 10.0 Å². The van der Waals surface area contributed by atoms with Crippen LogP contribution in [0.2, 0.25) is 0 Å². The van der Waals surface area contributed by atoms with Crippen LogP contribution < -0.4 is 10.5 Å². The fourth-order valence-electron chi connectivity index (χ4n) is 1.50. The third-order valence-electron chi connectivity index (χ3n) is 2.66. The molecule has 0 radical (unpaired) electrons. The zero-order valence-electron chi connectivity index (χ0n) is 10.5. The number of hydrogen-bond donors (Lipinski definition) is 2. The molecule has 1 heterocycles. The van der Waals surface area contributed by atoms with Crippen molar-refractivity contribution in [3.63, 3.8) is 0 Å². The second-order valence-corrected chi connectivity index (χ2v) is 4.93. The molecular weight excluding hydrogens is 314 g/mol. The molecule has 0 spiro atoms. The lowest BCUT2D eigenvalue weighted by atomic mass is 10.2. The molecular formula is C12H14BrN3O3. The third kappa shape index (κ3) is 2.94. The summed E-state index contributed by atoms with van der Waals surface area (Å²) in [5.74, 6) is 1.33. The molecule has 2 unspecified atom stereocenters. The number of benzene rings is 1. The Hall–Kier alpha value is -1.44. The number of nitrogens with zero attached hydrogens (tertiary/aromatic N) is 2. The summed E-state index contributed by atoms with van der Waals surface area (Å²) >= 11 is 3.39. The highest BCUT2D eigenvalue weighted by molar-refractivity contribution is 9.10. The molecule has 6 nitrogen and oxygen atoms in total. The fourth-order valence-corrected chi connectivity index (χ4v) is 2.04. The number of halogens is 1. The molecule has 7 heteroatoms. The molecule has 2 rings (SSSR count). The van der Waals surface area contributed by atoms with E-state index in [0.29, 0.717) is 11.6 Å². The van der Waals surface area contributed by atoms with Gasteiger partial charge in [-0.2, -0.15) is 4.98 Å². The van der Waals surface area contributed by atoms with Gasteiger partial charge in [0, 0.05) is 5.56 Å². The minimum atomic E-state index is -0.754. The van der Waals surface area contributed by atoms with E-state index >= 15 is 0 Å². The third-order valence-corrected chi connectivity index (χ3v) is 3.28. The first-order valence-corrected chi connectivity index (χ1v) is 6.43. The van der Waals surface area contributed by atoms with Gasteiger partial charge < -0.3 is 20.1 Å². The molecule has 0 aliphatic rings. The minimum Gasteiger partial charge on any atom is -0.496 e. The van der Waals surface area contributed by atoms with Crippen LogP contribution in [0.25, 0.3) is 11.4 Å². The normalized spacial score (nSPS) is 14.2. The van der Waals surface area contributed by atoms with Gasteiger partial charge in [0.1, 0.15) is 11.8 Å². The molecule has 0 saturated heterocycles. The Balaban J connectivity index is 2.30. The highest BCUT2D eigenvalue weighted by atomic mass is 79.9. The van der Waals surface area contributed by atoms with Gasteiger partial charge in [-0.1, -0.05) is 5.16 Å². The SMILES string of the molecule is COc1ccc(-c2noc(C(N)C(C)O)n2)cc1Br. The van der Waals surface area contributed by atoms with Crippen molar-refractivity contribution in [1.29, 1.82) is 0 Å². The molecule has 0 amide bonds. The summed E-state index contributed by atoms with van der Waals surface area (Å²) in [6, 6.07) is 4.74. The van der Waals surface area contributed by atoms with Crippen LogP contribution in [0.1, 0.15) is 18.9 Å². The number of aliphatic hydroxyl groups excluding tert-OH is 1. The number of aliphatic hydroxyl groups is 1. The van der Waals surface area contributed by atoms with E-state index < -0.39 is 12.1 Å². The van der Waals surface area contributed by atoms with Crippen molar-refractivity contribution >= 4 is 15.9 Å². The molecule has 2 atom stereocenters. The van der Waals surface area contributed by atoms with Crippen LogP contribution in [-0.4, -0.2) is 28.5 Å². The average molecular weight is 328 g/mol. The Kier molecular flexibility index (Phi) is 4.18. The maximum absolute atomic E-state index is 9.39. The van der Waals surface area contributed by atoms with Gasteiger partial charge in [0.2, 0.25) is 11.7 Å². The molecule has 1 aromatic carbocycles. The molecule has 0 aliphatic heterocycles. The molecule has 19 heavy (non-hydrogen) atoms. The van der Waals surface area contributed by atoms with E-state index in [-0.39, 0.29) is 5.89 Å². The molecule has 2 aromatic rings. The van der Waals surface area contributed by atoms with E-state index in [1.807, 2.05) is 12.1 Å². The van der Waals surface area contributed by atoms with Crippen molar-refractivity contribution in [1.82, 2.24) is 10.1 Å².